The smallest absolute Gasteiger partial charge is 0.335 e. The molecule has 1 aromatic carbocycles. The Labute approximate surface area is 89.4 Å². The lowest BCUT2D eigenvalue weighted by molar-refractivity contribution is 0.0696. The van der Waals surface area contributed by atoms with E-state index in [2.05, 4.69) is 0 Å². The van der Waals surface area contributed by atoms with Crippen molar-refractivity contribution in [1.82, 2.24) is 0 Å². The molecule has 15 heavy (non-hydrogen) atoms. The standard InChI is InChI=1S/C12H16O3/c1-7-8(2)10(4-5-13)6-11(9(7)3)12(14)15/h6,13H,4-5H2,1-3H3,(H,14,15). The first-order valence-corrected chi connectivity index (χ1v) is 4.92. The molecule has 0 atom stereocenters. The summed E-state index contributed by atoms with van der Waals surface area (Å²) in [5, 5.41) is 17.9. The van der Waals surface area contributed by atoms with Crippen molar-refractivity contribution in [3.05, 3.63) is 33.9 Å². The first-order chi connectivity index (χ1) is 6.99. The van der Waals surface area contributed by atoms with Gasteiger partial charge in [0.2, 0.25) is 0 Å². The van der Waals surface area contributed by atoms with E-state index < -0.39 is 5.97 Å². The van der Waals surface area contributed by atoms with E-state index in [1.807, 2.05) is 20.8 Å². The highest BCUT2D eigenvalue weighted by atomic mass is 16.4. The van der Waals surface area contributed by atoms with Gasteiger partial charge in [0, 0.05) is 6.61 Å². The molecule has 0 saturated carbocycles. The van der Waals surface area contributed by atoms with Crippen molar-refractivity contribution in [2.45, 2.75) is 27.2 Å². The second kappa shape index (κ2) is 4.45. The molecule has 0 bridgehead atoms. The number of carbonyl (C=O) groups is 1. The first kappa shape index (κ1) is 11.7. The number of aliphatic hydroxyl groups excluding tert-OH is 1. The third-order valence-corrected chi connectivity index (χ3v) is 2.94. The van der Waals surface area contributed by atoms with Gasteiger partial charge in [-0.25, -0.2) is 4.79 Å². The minimum Gasteiger partial charge on any atom is -0.478 e. The predicted octanol–water partition coefficient (Wildman–Crippen LogP) is 1.84. The molecule has 0 amide bonds. The zero-order valence-corrected chi connectivity index (χ0v) is 9.29. The van der Waals surface area contributed by atoms with Crippen molar-refractivity contribution in [2.24, 2.45) is 0 Å². The summed E-state index contributed by atoms with van der Waals surface area (Å²) in [5.41, 5.74) is 4.13. The Hall–Kier alpha value is -1.35. The maximum atomic E-state index is 11.0. The van der Waals surface area contributed by atoms with Crippen LogP contribution >= 0.6 is 0 Å². The van der Waals surface area contributed by atoms with Gasteiger partial charge in [0.15, 0.2) is 0 Å². The summed E-state index contributed by atoms with van der Waals surface area (Å²) in [4.78, 5) is 11.0. The lowest BCUT2D eigenvalue weighted by Crippen LogP contribution is -2.06. The molecule has 2 N–H and O–H groups in total. The summed E-state index contributed by atoms with van der Waals surface area (Å²) in [5.74, 6) is -0.908. The molecule has 0 aromatic heterocycles. The molecule has 1 aromatic rings. The van der Waals surface area contributed by atoms with Crippen molar-refractivity contribution >= 4 is 5.97 Å². The van der Waals surface area contributed by atoms with Crippen LogP contribution in [0.2, 0.25) is 0 Å². The van der Waals surface area contributed by atoms with Crippen molar-refractivity contribution < 1.29 is 15.0 Å². The maximum absolute atomic E-state index is 11.0. The van der Waals surface area contributed by atoms with E-state index in [0.29, 0.717) is 12.0 Å². The lowest BCUT2D eigenvalue weighted by Gasteiger charge is -2.13. The molecule has 0 aliphatic carbocycles. The first-order valence-electron chi connectivity index (χ1n) is 4.92. The Morgan fingerprint density at radius 3 is 2.27 bits per heavy atom. The van der Waals surface area contributed by atoms with Crippen LogP contribution in [0.4, 0.5) is 0 Å². The summed E-state index contributed by atoms with van der Waals surface area (Å²) in [7, 11) is 0. The monoisotopic (exact) mass is 208 g/mol. The number of hydrogen-bond donors (Lipinski definition) is 2. The molecule has 82 valence electrons. The van der Waals surface area contributed by atoms with Crippen LogP contribution < -0.4 is 0 Å². The van der Waals surface area contributed by atoms with Crippen LogP contribution in [0.1, 0.15) is 32.6 Å². The molecular weight excluding hydrogens is 192 g/mol. The van der Waals surface area contributed by atoms with E-state index in [9.17, 15) is 4.79 Å². The number of benzene rings is 1. The molecule has 0 saturated heterocycles. The van der Waals surface area contributed by atoms with E-state index in [0.717, 1.165) is 22.3 Å². The van der Waals surface area contributed by atoms with Crippen LogP contribution in [0.15, 0.2) is 6.07 Å². The Balaban J connectivity index is 3.38. The highest BCUT2D eigenvalue weighted by Gasteiger charge is 2.13. The van der Waals surface area contributed by atoms with Crippen molar-refractivity contribution in [2.75, 3.05) is 6.61 Å². The van der Waals surface area contributed by atoms with Gasteiger partial charge < -0.3 is 10.2 Å². The van der Waals surface area contributed by atoms with E-state index in [4.69, 9.17) is 10.2 Å². The van der Waals surface area contributed by atoms with Gasteiger partial charge in [-0.15, -0.1) is 0 Å². The fraction of sp³-hybridized carbons (Fsp3) is 0.417. The third-order valence-electron chi connectivity index (χ3n) is 2.94. The molecule has 0 heterocycles. The summed E-state index contributed by atoms with van der Waals surface area (Å²) < 4.78 is 0. The SMILES string of the molecule is Cc1c(CCO)cc(C(=O)O)c(C)c1C. The third kappa shape index (κ3) is 2.18. The minimum atomic E-state index is -0.908. The fourth-order valence-corrected chi connectivity index (χ4v) is 1.72. The average molecular weight is 208 g/mol. The number of carboxylic acids is 1. The zero-order valence-electron chi connectivity index (χ0n) is 9.29. The highest BCUT2D eigenvalue weighted by Crippen LogP contribution is 2.22. The summed E-state index contributed by atoms with van der Waals surface area (Å²) in [6, 6.07) is 1.66. The molecule has 1 rings (SSSR count). The molecule has 0 radical (unpaired) electrons. The summed E-state index contributed by atoms with van der Waals surface area (Å²) >= 11 is 0. The molecule has 0 spiro atoms. The normalized spacial score (nSPS) is 10.4. The van der Waals surface area contributed by atoms with E-state index >= 15 is 0 Å². The highest BCUT2D eigenvalue weighted by molar-refractivity contribution is 5.90. The van der Waals surface area contributed by atoms with Crippen molar-refractivity contribution in [1.29, 1.82) is 0 Å². The van der Waals surface area contributed by atoms with Gasteiger partial charge in [0.25, 0.3) is 0 Å². The van der Waals surface area contributed by atoms with Gasteiger partial charge in [-0.05, 0) is 55.5 Å². The van der Waals surface area contributed by atoms with E-state index in [1.54, 1.807) is 6.07 Å². The van der Waals surface area contributed by atoms with Crippen LogP contribution in [-0.4, -0.2) is 22.8 Å². The molecule has 3 nitrogen and oxygen atoms in total. The van der Waals surface area contributed by atoms with E-state index in [1.165, 1.54) is 0 Å². The van der Waals surface area contributed by atoms with Crippen LogP contribution in [-0.2, 0) is 6.42 Å². The van der Waals surface area contributed by atoms with Gasteiger partial charge in [-0.1, -0.05) is 0 Å². The Bertz CT molecular complexity index is 394. The quantitative estimate of drug-likeness (QED) is 0.797. The fourth-order valence-electron chi connectivity index (χ4n) is 1.72. The number of rotatable bonds is 3. The Kier molecular flexibility index (Phi) is 3.48. The molecule has 3 heteroatoms. The second-order valence-electron chi connectivity index (χ2n) is 3.74. The average Bonchev–Trinajstić information content (AvgIpc) is 2.18. The second-order valence-corrected chi connectivity index (χ2v) is 3.74. The number of aromatic carboxylic acids is 1. The number of hydrogen-bond acceptors (Lipinski definition) is 2. The summed E-state index contributed by atoms with van der Waals surface area (Å²) in [6.45, 7) is 5.73. The predicted molar refractivity (Wildman–Crippen MR) is 58.4 cm³/mol. The molecule has 0 aliphatic rings. The molecule has 0 fully saturated rings. The largest absolute Gasteiger partial charge is 0.478 e. The van der Waals surface area contributed by atoms with Crippen molar-refractivity contribution in [3.8, 4) is 0 Å². The Morgan fingerprint density at radius 1 is 1.20 bits per heavy atom. The van der Waals surface area contributed by atoms with Gasteiger partial charge in [0.1, 0.15) is 0 Å². The molecule has 0 aliphatic heterocycles. The number of aliphatic hydroxyl groups is 1. The van der Waals surface area contributed by atoms with Gasteiger partial charge in [-0.2, -0.15) is 0 Å². The van der Waals surface area contributed by atoms with Crippen LogP contribution in [0.5, 0.6) is 0 Å². The lowest BCUT2D eigenvalue weighted by atomic mass is 9.93. The van der Waals surface area contributed by atoms with Gasteiger partial charge in [0.05, 0.1) is 5.56 Å². The minimum absolute atomic E-state index is 0.0440. The van der Waals surface area contributed by atoms with Gasteiger partial charge >= 0.3 is 5.97 Å². The zero-order chi connectivity index (χ0) is 11.6. The maximum Gasteiger partial charge on any atom is 0.335 e. The van der Waals surface area contributed by atoms with Crippen molar-refractivity contribution in [3.63, 3.8) is 0 Å². The van der Waals surface area contributed by atoms with Gasteiger partial charge in [-0.3, -0.25) is 0 Å². The van der Waals surface area contributed by atoms with Crippen LogP contribution in [0, 0.1) is 20.8 Å². The number of carboxylic acid groups (broad SMARTS) is 1. The van der Waals surface area contributed by atoms with Crippen LogP contribution in [0.25, 0.3) is 0 Å². The molecule has 0 unspecified atom stereocenters. The van der Waals surface area contributed by atoms with Crippen LogP contribution in [0.3, 0.4) is 0 Å². The molecular formula is C12H16O3. The Morgan fingerprint density at radius 2 is 1.80 bits per heavy atom. The van der Waals surface area contributed by atoms with E-state index in [-0.39, 0.29) is 6.61 Å². The topological polar surface area (TPSA) is 57.5 Å². The summed E-state index contributed by atoms with van der Waals surface area (Å²) in [6.07, 6.45) is 0.507.